The first-order valence-electron chi connectivity index (χ1n) is 9.52. The first kappa shape index (κ1) is 23.5. The van der Waals surface area contributed by atoms with Crippen molar-refractivity contribution in [2.45, 2.75) is 17.4 Å². The van der Waals surface area contributed by atoms with Gasteiger partial charge >= 0.3 is 5.97 Å². The molecule has 0 saturated carbocycles. The number of nitrogens with one attached hydrogen (secondary N) is 2. The third-order valence-corrected chi connectivity index (χ3v) is 7.80. The molecule has 0 radical (unpaired) electrons. The molecule has 12 heteroatoms. The minimum absolute atomic E-state index is 0.00353. The minimum atomic E-state index is -3.98. The maximum atomic E-state index is 12.6. The molecule has 0 aromatic heterocycles. The van der Waals surface area contributed by atoms with Gasteiger partial charge in [-0.2, -0.15) is 0 Å². The summed E-state index contributed by atoms with van der Waals surface area (Å²) < 4.78 is 60.5. The molecule has 1 atom stereocenters. The number of hydrogen-bond donors (Lipinski definition) is 2. The lowest BCUT2D eigenvalue weighted by Crippen LogP contribution is -2.38. The zero-order valence-corrected chi connectivity index (χ0v) is 18.7. The number of carbonyl (C=O) groups excluding carboxylic acids is 2. The molecule has 2 aromatic rings. The smallest absolute Gasteiger partial charge is 0.338 e. The summed E-state index contributed by atoms with van der Waals surface area (Å²) in [7, 11) is -5.64. The number of carbonyl (C=O) groups is 2. The van der Waals surface area contributed by atoms with Crippen molar-refractivity contribution >= 4 is 37.4 Å². The number of ether oxygens (including phenoxy) is 2. The van der Waals surface area contributed by atoms with Crippen LogP contribution in [0.4, 0.5) is 5.69 Å². The fourth-order valence-electron chi connectivity index (χ4n) is 3.06. The molecule has 32 heavy (non-hydrogen) atoms. The number of anilines is 1. The molecule has 2 aromatic carbocycles. The zero-order valence-electron chi connectivity index (χ0n) is 17.1. The van der Waals surface area contributed by atoms with Gasteiger partial charge in [-0.25, -0.2) is 21.6 Å². The van der Waals surface area contributed by atoms with Gasteiger partial charge in [0.15, 0.2) is 16.4 Å². The SMILES string of the molecule is COc1ccc(NS(=O)(=O)c2cccc(C(=O)OCC(=O)NC3CCS(=O)(=O)C3)c2)cc1. The average Bonchev–Trinajstić information content (AvgIpc) is 3.10. The number of sulfonamides is 1. The number of methoxy groups -OCH3 is 1. The highest BCUT2D eigenvalue weighted by atomic mass is 32.2. The summed E-state index contributed by atoms with van der Waals surface area (Å²) in [5.41, 5.74) is 0.253. The molecule has 10 nitrogen and oxygen atoms in total. The largest absolute Gasteiger partial charge is 0.497 e. The maximum Gasteiger partial charge on any atom is 0.338 e. The summed E-state index contributed by atoms with van der Waals surface area (Å²) >= 11 is 0. The van der Waals surface area contributed by atoms with Crippen LogP contribution in [0.25, 0.3) is 0 Å². The fourth-order valence-corrected chi connectivity index (χ4v) is 5.83. The van der Waals surface area contributed by atoms with Gasteiger partial charge in [0, 0.05) is 11.7 Å². The van der Waals surface area contributed by atoms with E-state index in [1.165, 1.54) is 37.4 Å². The monoisotopic (exact) mass is 482 g/mol. The molecule has 1 aliphatic rings. The van der Waals surface area contributed by atoms with Crippen molar-refractivity contribution in [2.24, 2.45) is 0 Å². The molecule has 0 aliphatic carbocycles. The predicted octanol–water partition coefficient (Wildman–Crippen LogP) is 0.956. The Kier molecular flexibility index (Phi) is 7.04. The lowest BCUT2D eigenvalue weighted by atomic mass is 10.2. The summed E-state index contributed by atoms with van der Waals surface area (Å²) in [5, 5.41) is 2.50. The molecule has 1 unspecified atom stereocenters. The van der Waals surface area contributed by atoms with Gasteiger partial charge in [-0.05, 0) is 48.9 Å². The van der Waals surface area contributed by atoms with E-state index in [-0.39, 0.29) is 22.0 Å². The highest BCUT2D eigenvalue weighted by Gasteiger charge is 2.29. The van der Waals surface area contributed by atoms with Gasteiger partial charge in [-0.15, -0.1) is 0 Å². The second-order valence-electron chi connectivity index (χ2n) is 7.11. The second-order valence-corrected chi connectivity index (χ2v) is 11.0. The highest BCUT2D eigenvalue weighted by Crippen LogP contribution is 2.20. The molecule has 0 bridgehead atoms. The van der Waals surface area contributed by atoms with Gasteiger partial charge in [0.2, 0.25) is 0 Å². The van der Waals surface area contributed by atoms with Gasteiger partial charge in [-0.3, -0.25) is 9.52 Å². The number of hydrogen-bond acceptors (Lipinski definition) is 8. The Hall–Kier alpha value is -3.12. The third kappa shape index (κ3) is 6.20. The van der Waals surface area contributed by atoms with E-state index >= 15 is 0 Å². The molecule has 1 fully saturated rings. The summed E-state index contributed by atoms with van der Waals surface area (Å²) in [6.07, 6.45) is 0.309. The van der Waals surface area contributed by atoms with E-state index in [9.17, 15) is 26.4 Å². The molecule has 1 amide bonds. The molecule has 1 heterocycles. The van der Waals surface area contributed by atoms with Gasteiger partial charge in [0.1, 0.15) is 5.75 Å². The summed E-state index contributed by atoms with van der Waals surface area (Å²) in [6.45, 7) is -0.615. The normalized spacial score (nSPS) is 17.3. The van der Waals surface area contributed by atoms with E-state index in [1.807, 2.05) is 0 Å². The van der Waals surface area contributed by atoms with Crippen LogP contribution >= 0.6 is 0 Å². The standard InChI is InChI=1S/C20H22N2O8S2/c1-29-17-7-5-15(6-8-17)22-32(27,28)18-4-2-3-14(11-18)20(24)30-12-19(23)21-16-9-10-31(25,26)13-16/h2-8,11,16,22H,9-10,12-13H2,1H3,(H,21,23). The van der Waals surface area contributed by atoms with E-state index in [0.717, 1.165) is 6.07 Å². The van der Waals surface area contributed by atoms with Crippen LogP contribution in [0.1, 0.15) is 16.8 Å². The van der Waals surface area contributed by atoms with Crippen molar-refractivity contribution in [3.8, 4) is 5.75 Å². The molecule has 0 spiro atoms. The Morgan fingerprint density at radius 2 is 1.84 bits per heavy atom. The van der Waals surface area contributed by atoms with Crippen molar-refractivity contribution in [3.63, 3.8) is 0 Å². The second kappa shape index (κ2) is 9.57. The van der Waals surface area contributed by atoms with E-state index in [1.54, 1.807) is 12.1 Å². The molecule has 3 rings (SSSR count). The van der Waals surface area contributed by atoms with E-state index in [2.05, 4.69) is 10.0 Å². The van der Waals surface area contributed by atoms with Crippen molar-refractivity contribution in [2.75, 3.05) is 29.9 Å². The van der Waals surface area contributed by atoms with Crippen molar-refractivity contribution in [1.29, 1.82) is 0 Å². The summed E-state index contributed by atoms with van der Waals surface area (Å²) in [6, 6.07) is 10.9. The van der Waals surface area contributed by atoms with Crippen LogP contribution in [-0.2, 0) is 29.4 Å². The Labute approximate surface area is 185 Å². The van der Waals surface area contributed by atoms with Crippen molar-refractivity contribution in [1.82, 2.24) is 5.32 Å². The van der Waals surface area contributed by atoms with E-state index in [4.69, 9.17) is 9.47 Å². The number of sulfone groups is 1. The fraction of sp³-hybridized carbons (Fsp3) is 0.300. The number of rotatable bonds is 8. The Morgan fingerprint density at radius 1 is 1.12 bits per heavy atom. The molecule has 1 aliphatic heterocycles. The maximum absolute atomic E-state index is 12.6. The lowest BCUT2D eigenvalue weighted by molar-refractivity contribution is -0.124. The van der Waals surface area contributed by atoms with Crippen LogP contribution in [-0.4, -0.2) is 60.0 Å². The Bertz CT molecular complexity index is 1210. The molecular weight excluding hydrogens is 460 g/mol. The Morgan fingerprint density at radius 3 is 2.47 bits per heavy atom. The third-order valence-electron chi connectivity index (χ3n) is 4.65. The topological polar surface area (TPSA) is 145 Å². The van der Waals surface area contributed by atoms with Gasteiger partial charge in [-0.1, -0.05) is 6.07 Å². The van der Waals surface area contributed by atoms with Gasteiger partial charge in [0.25, 0.3) is 15.9 Å². The molecule has 1 saturated heterocycles. The first-order valence-corrected chi connectivity index (χ1v) is 12.8. The minimum Gasteiger partial charge on any atom is -0.497 e. The molecule has 2 N–H and O–H groups in total. The van der Waals surface area contributed by atoms with Gasteiger partial charge < -0.3 is 14.8 Å². The van der Waals surface area contributed by atoms with Crippen LogP contribution in [0.15, 0.2) is 53.4 Å². The van der Waals surface area contributed by atoms with Crippen LogP contribution in [0.3, 0.4) is 0 Å². The van der Waals surface area contributed by atoms with E-state index in [0.29, 0.717) is 17.9 Å². The number of benzene rings is 2. The molecular formula is C20H22N2O8S2. The summed E-state index contributed by atoms with van der Waals surface area (Å²) in [5.74, 6) is -1.10. The van der Waals surface area contributed by atoms with Crippen LogP contribution in [0.2, 0.25) is 0 Å². The number of amides is 1. The summed E-state index contributed by atoms with van der Waals surface area (Å²) in [4.78, 5) is 24.0. The average molecular weight is 483 g/mol. The van der Waals surface area contributed by atoms with Crippen LogP contribution in [0, 0.1) is 0 Å². The quantitative estimate of drug-likeness (QED) is 0.529. The predicted molar refractivity (Wildman–Crippen MR) is 116 cm³/mol. The first-order chi connectivity index (χ1) is 15.1. The number of esters is 1. The molecule has 172 valence electrons. The van der Waals surface area contributed by atoms with Gasteiger partial charge in [0.05, 0.1) is 29.1 Å². The van der Waals surface area contributed by atoms with Crippen molar-refractivity contribution in [3.05, 3.63) is 54.1 Å². The van der Waals surface area contributed by atoms with Crippen molar-refractivity contribution < 1.29 is 35.9 Å². The van der Waals surface area contributed by atoms with Crippen LogP contribution < -0.4 is 14.8 Å². The lowest BCUT2D eigenvalue weighted by Gasteiger charge is -2.12. The highest BCUT2D eigenvalue weighted by molar-refractivity contribution is 7.92. The van der Waals surface area contributed by atoms with E-state index < -0.39 is 44.4 Å². The zero-order chi connectivity index (χ0) is 23.4. The van der Waals surface area contributed by atoms with Crippen LogP contribution in [0.5, 0.6) is 5.75 Å². The Balaban J connectivity index is 1.60.